The smallest absolute Gasteiger partial charge is 0.305 e. The molecule has 0 radical (unpaired) electrons. The molecular formula is C17H34O3. The Kier molecular flexibility index (Phi) is 14.4. The molecule has 0 unspecified atom stereocenters. The molecule has 0 saturated carbocycles. The van der Waals surface area contributed by atoms with Crippen molar-refractivity contribution in [1.29, 1.82) is 0 Å². The fourth-order valence-corrected chi connectivity index (χ4v) is 2.18. The molecule has 0 atom stereocenters. The molecule has 0 fully saturated rings. The maximum absolute atomic E-state index is 11.5. The van der Waals surface area contributed by atoms with Crippen LogP contribution in [0.25, 0.3) is 0 Å². The standard InChI is InChI=1S/C17H34O3/c1-16(2)12-8-4-5-9-13-17(19)20-15-11-7-3-6-10-14-18/h16,18H,3-15H2,1-2H3. The van der Waals surface area contributed by atoms with Gasteiger partial charge in [0, 0.05) is 13.0 Å². The molecule has 3 nitrogen and oxygen atoms in total. The van der Waals surface area contributed by atoms with Crippen LogP contribution in [0.5, 0.6) is 0 Å². The van der Waals surface area contributed by atoms with Crippen LogP contribution in [-0.4, -0.2) is 24.3 Å². The molecule has 20 heavy (non-hydrogen) atoms. The molecule has 0 aliphatic rings. The van der Waals surface area contributed by atoms with Gasteiger partial charge in [-0.25, -0.2) is 0 Å². The molecule has 0 aromatic rings. The first-order valence-corrected chi connectivity index (χ1v) is 8.43. The fraction of sp³-hybridized carbons (Fsp3) is 0.941. The van der Waals surface area contributed by atoms with Gasteiger partial charge in [0.1, 0.15) is 0 Å². The van der Waals surface area contributed by atoms with Gasteiger partial charge in [0.15, 0.2) is 0 Å². The van der Waals surface area contributed by atoms with E-state index in [0.29, 0.717) is 13.0 Å². The van der Waals surface area contributed by atoms with Crippen molar-refractivity contribution in [3.63, 3.8) is 0 Å². The van der Waals surface area contributed by atoms with Crippen molar-refractivity contribution >= 4 is 5.97 Å². The molecule has 0 spiro atoms. The molecule has 0 heterocycles. The van der Waals surface area contributed by atoms with E-state index in [-0.39, 0.29) is 12.6 Å². The Morgan fingerprint density at radius 3 is 2.20 bits per heavy atom. The number of carbonyl (C=O) groups is 1. The highest BCUT2D eigenvalue weighted by Gasteiger charge is 2.02. The van der Waals surface area contributed by atoms with Gasteiger partial charge in [-0.1, -0.05) is 58.8 Å². The SMILES string of the molecule is CC(C)CCCCCCC(=O)OCCCCCCCO. The van der Waals surface area contributed by atoms with Gasteiger partial charge in [-0.15, -0.1) is 0 Å². The lowest BCUT2D eigenvalue weighted by atomic mass is 10.0. The number of hydrogen-bond acceptors (Lipinski definition) is 3. The monoisotopic (exact) mass is 286 g/mol. The first-order valence-electron chi connectivity index (χ1n) is 8.43. The summed E-state index contributed by atoms with van der Waals surface area (Å²) < 4.78 is 5.21. The zero-order chi connectivity index (χ0) is 15.1. The summed E-state index contributed by atoms with van der Waals surface area (Å²) in [5.41, 5.74) is 0. The minimum Gasteiger partial charge on any atom is -0.466 e. The third-order valence-corrected chi connectivity index (χ3v) is 3.48. The van der Waals surface area contributed by atoms with E-state index in [1.54, 1.807) is 0 Å². The van der Waals surface area contributed by atoms with Crippen LogP contribution in [0.1, 0.15) is 84.5 Å². The fourth-order valence-electron chi connectivity index (χ4n) is 2.18. The highest BCUT2D eigenvalue weighted by Crippen LogP contribution is 2.11. The number of aliphatic hydroxyl groups excluding tert-OH is 1. The van der Waals surface area contributed by atoms with Crippen molar-refractivity contribution in [3.05, 3.63) is 0 Å². The Hall–Kier alpha value is -0.570. The summed E-state index contributed by atoms with van der Waals surface area (Å²) in [4.78, 5) is 11.5. The van der Waals surface area contributed by atoms with E-state index in [9.17, 15) is 4.79 Å². The zero-order valence-electron chi connectivity index (χ0n) is 13.5. The molecule has 1 N–H and O–H groups in total. The minimum atomic E-state index is -0.0378. The molecule has 0 aliphatic heterocycles. The summed E-state index contributed by atoms with van der Waals surface area (Å²) in [6, 6.07) is 0. The molecule has 120 valence electrons. The van der Waals surface area contributed by atoms with E-state index in [4.69, 9.17) is 9.84 Å². The normalized spacial score (nSPS) is 11.0. The number of esters is 1. The number of unbranched alkanes of at least 4 members (excludes halogenated alkanes) is 7. The van der Waals surface area contributed by atoms with E-state index < -0.39 is 0 Å². The average molecular weight is 286 g/mol. The second-order valence-corrected chi connectivity index (χ2v) is 6.06. The maximum atomic E-state index is 11.5. The van der Waals surface area contributed by atoms with Gasteiger partial charge in [-0.2, -0.15) is 0 Å². The Morgan fingerprint density at radius 2 is 1.50 bits per heavy atom. The summed E-state index contributed by atoms with van der Waals surface area (Å²) in [5, 5.41) is 8.64. The van der Waals surface area contributed by atoms with Gasteiger partial charge in [-0.3, -0.25) is 4.79 Å². The van der Waals surface area contributed by atoms with Crippen molar-refractivity contribution in [2.75, 3.05) is 13.2 Å². The van der Waals surface area contributed by atoms with E-state index in [0.717, 1.165) is 50.9 Å². The van der Waals surface area contributed by atoms with Gasteiger partial charge < -0.3 is 9.84 Å². The van der Waals surface area contributed by atoms with E-state index in [2.05, 4.69) is 13.8 Å². The number of hydrogen-bond donors (Lipinski definition) is 1. The van der Waals surface area contributed by atoms with Crippen LogP contribution in [0.15, 0.2) is 0 Å². The van der Waals surface area contributed by atoms with Crippen LogP contribution in [0, 0.1) is 5.92 Å². The van der Waals surface area contributed by atoms with Crippen molar-refractivity contribution < 1.29 is 14.6 Å². The van der Waals surface area contributed by atoms with Crippen LogP contribution >= 0.6 is 0 Å². The number of carbonyl (C=O) groups excluding carboxylic acids is 1. The van der Waals surface area contributed by atoms with Crippen LogP contribution in [0.4, 0.5) is 0 Å². The summed E-state index contributed by atoms with van der Waals surface area (Å²) in [7, 11) is 0. The summed E-state index contributed by atoms with van der Waals surface area (Å²) in [6.07, 6.45) is 11.6. The van der Waals surface area contributed by atoms with Gasteiger partial charge >= 0.3 is 5.97 Å². The highest BCUT2D eigenvalue weighted by molar-refractivity contribution is 5.69. The lowest BCUT2D eigenvalue weighted by Gasteiger charge is -2.06. The Bertz CT molecular complexity index is 214. The van der Waals surface area contributed by atoms with Crippen LogP contribution < -0.4 is 0 Å². The summed E-state index contributed by atoms with van der Waals surface area (Å²) >= 11 is 0. The number of aliphatic hydroxyl groups is 1. The Labute approximate surface area is 125 Å². The van der Waals surface area contributed by atoms with E-state index >= 15 is 0 Å². The first-order chi connectivity index (χ1) is 9.66. The third-order valence-electron chi connectivity index (χ3n) is 3.48. The van der Waals surface area contributed by atoms with E-state index in [1.165, 1.54) is 19.3 Å². The molecule has 0 rings (SSSR count). The lowest BCUT2D eigenvalue weighted by Crippen LogP contribution is -2.05. The summed E-state index contributed by atoms with van der Waals surface area (Å²) in [5.74, 6) is 0.751. The molecular weight excluding hydrogens is 252 g/mol. The van der Waals surface area contributed by atoms with Crippen molar-refractivity contribution in [3.8, 4) is 0 Å². The van der Waals surface area contributed by atoms with Crippen molar-refractivity contribution in [2.45, 2.75) is 84.5 Å². The molecule has 3 heteroatoms. The number of ether oxygens (including phenoxy) is 1. The predicted molar refractivity (Wildman–Crippen MR) is 83.7 cm³/mol. The topological polar surface area (TPSA) is 46.5 Å². The van der Waals surface area contributed by atoms with Gasteiger partial charge in [0.05, 0.1) is 6.61 Å². The lowest BCUT2D eigenvalue weighted by molar-refractivity contribution is -0.143. The molecule has 0 aromatic heterocycles. The van der Waals surface area contributed by atoms with Crippen LogP contribution in [0.2, 0.25) is 0 Å². The van der Waals surface area contributed by atoms with Gasteiger partial charge in [-0.05, 0) is 25.2 Å². The minimum absolute atomic E-state index is 0.0378. The summed E-state index contributed by atoms with van der Waals surface area (Å²) in [6.45, 7) is 5.35. The molecule has 0 bridgehead atoms. The quantitative estimate of drug-likeness (QED) is 0.378. The molecule has 0 amide bonds. The Morgan fingerprint density at radius 1 is 0.900 bits per heavy atom. The highest BCUT2D eigenvalue weighted by atomic mass is 16.5. The van der Waals surface area contributed by atoms with Crippen LogP contribution in [0.3, 0.4) is 0 Å². The van der Waals surface area contributed by atoms with Crippen molar-refractivity contribution in [2.24, 2.45) is 5.92 Å². The third kappa shape index (κ3) is 15.5. The molecule has 0 aromatic carbocycles. The largest absolute Gasteiger partial charge is 0.466 e. The van der Waals surface area contributed by atoms with Crippen LogP contribution in [-0.2, 0) is 9.53 Å². The molecule has 0 saturated heterocycles. The van der Waals surface area contributed by atoms with Crippen molar-refractivity contribution in [1.82, 2.24) is 0 Å². The maximum Gasteiger partial charge on any atom is 0.305 e. The van der Waals surface area contributed by atoms with Gasteiger partial charge in [0.25, 0.3) is 0 Å². The first kappa shape index (κ1) is 19.4. The number of rotatable bonds is 14. The zero-order valence-corrected chi connectivity index (χ0v) is 13.5. The average Bonchev–Trinajstić information content (AvgIpc) is 2.41. The second kappa shape index (κ2) is 14.8. The second-order valence-electron chi connectivity index (χ2n) is 6.06. The predicted octanol–water partition coefficient (Wildman–Crippen LogP) is 4.47. The molecule has 0 aliphatic carbocycles. The Balaban J connectivity index is 3.17. The van der Waals surface area contributed by atoms with E-state index in [1.807, 2.05) is 0 Å². The van der Waals surface area contributed by atoms with Gasteiger partial charge in [0.2, 0.25) is 0 Å².